The van der Waals surface area contributed by atoms with Gasteiger partial charge in [-0.25, -0.2) is 0 Å². The summed E-state index contributed by atoms with van der Waals surface area (Å²) in [6.07, 6.45) is -0.198. The summed E-state index contributed by atoms with van der Waals surface area (Å²) in [5.74, 6) is 0.391. The molecule has 0 saturated carbocycles. The van der Waals surface area contributed by atoms with Gasteiger partial charge in [-0.1, -0.05) is 56.3 Å². The van der Waals surface area contributed by atoms with Crippen molar-refractivity contribution in [2.24, 2.45) is 5.92 Å². The van der Waals surface area contributed by atoms with Crippen LogP contribution in [0.5, 0.6) is 5.75 Å². The molecule has 3 nitrogen and oxygen atoms in total. The fourth-order valence-corrected chi connectivity index (χ4v) is 7.00. The predicted octanol–water partition coefficient (Wildman–Crippen LogP) is 7.43. The van der Waals surface area contributed by atoms with Gasteiger partial charge in [-0.2, -0.15) is 13.2 Å². The Bertz CT molecular complexity index is 1040. The van der Waals surface area contributed by atoms with E-state index in [1.807, 2.05) is 49.4 Å². The zero-order valence-electron chi connectivity index (χ0n) is 21.6. The summed E-state index contributed by atoms with van der Waals surface area (Å²) >= 11 is 0. The Balaban J connectivity index is 1.68. The molecule has 0 N–H and O–H groups in total. The molecule has 1 fully saturated rings. The van der Waals surface area contributed by atoms with Crippen molar-refractivity contribution in [3.05, 3.63) is 65.2 Å². The lowest BCUT2D eigenvalue weighted by Gasteiger charge is -2.48. The van der Waals surface area contributed by atoms with Crippen LogP contribution in [0, 0.1) is 5.92 Å². The minimum Gasteiger partial charge on any atom is -0.496 e. The molecule has 0 unspecified atom stereocenters. The summed E-state index contributed by atoms with van der Waals surface area (Å²) in [6, 6.07) is 14.9. The van der Waals surface area contributed by atoms with E-state index in [9.17, 15) is 18.0 Å². The molecule has 0 aromatic heterocycles. The van der Waals surface area contributed by atoms with Gasteiger partial charge in [0.1, 0.15) is 5.75 Å². The summed E-state index contributed by atoms with van der Waals surface area (Å²) in [6.45, 7) is 4.48. The highest BCUT2D eigenvalue weighted by atomic mass is 19.4. The van der Waals surface area contributed by atoms with Crippen LogP contribution in [0.1, 0.15) is 81.4 Å². The summed E-state index contributed by atoms with van der Waals surface area (Å²) in [5, 5.41) is 0. The smallest absolute Gasteiger partial charge is 0.391 e. The molecule has 1 saturated heterocycles. The van der Waals surface area contributed by atoms with E-state index in [4.69, 9.17) is 4.74 Å². The largest absolute Gasteiger partial charge is 0.496 e. The van der Waals surface area contributed by atoms with Crippen molar-refractivity contribution < 1.29 is 22.7 Å². The molecule has 36 heavy (non-hydrogen) atoms. The quantitative estimate of drug-likeness (QED) is 0.395. The van der Waals surface area contributed by atoms with E-state index < -0.39 is 24.1 Å². The Labute approximate surface area is 213 Å². The van der Waals surface area contributed by atoms with E-state index in [1.54, 1.807) is 12.0 Å². The number of likely N-dealkylation sites (tertiary alicyclic amines) is 1. The van der Waals surface area contributed by atoms with Gasteiger partial charge in [0, 0.05) is 23.9 Å². The molecule has 196 valence electrons. The Morgan fingerprint density at radius 3 is 2.53 bits per heavy atom. The van der Waals surface area contributed by atoms with Crippen molar-refractivity contribution in [3.63, 3.8) is 0 Å². The third-order valence-corrected chi connectivity index (χ3v) is 8.68. The van der Waals surface area contributed by atoms with Crippen LogP contribution < -0.4 is 4.74 Å². The topological polar surface area (TPSA) is 29.5 Å². The zero-order valence-corrected chi connectivity index (χ0v) is 21.6. The lowest BCUT2D eigenvalue weighted by molar-refractivity contribution is -0.161. The molecule has 1 heterocycles. The fraction of sp³-hybridized carbons (Fsp3) is 0.567. The van der Waals surface area contributed by atoms with Gasteiger partial charge >= 0.3 is 6.18 Å². The number of carbonyl (C=O) groups is 1. The maximum atomic E-state index is 14.2. The molecule has 1 aliphatic carbocycles. The maximum absolute atomic E-state index is 14.2. The first-order valence-corrected chi connectivity index (χ1v) is 13.3. The van der Waals surface area contributed by atoms with E-state index >= 15 is 0 Å². The second kappa shape index (κ2) is 10.9. The highest BCUT2D eigenvalue weighted by Gasteiger charge is 2.49. The van der Waals surface area contributed by atoms with E-state index in [0.29, 0.717) is 25.8 Å². The SMILES string of the molecule is CC[C@@H](C(=O)N1CC[C@@H](c2ccccc2)C[C@H]1CC(F)(F)F)[C@]1(CC)CCCc2c(OC)cccc21. The number of amides is 1. The second-order valence-electron chi connectivity index (χ2n) is 10.4. The Hall–Kier alpha value is -2.50. The van der Waals surface area contributed by atoms with Gasteiger partial charge in [0.15, 0.2) is 0 Å². The number of ether oxygens (including phenoxy) is 1. The van der Waals surface area contributed by atoms with E-state index in [2.05, 4.69) is 13.0 Å². The van der Waals surface area contributed by atoms with Gasteiger partial charge in [-0.15, -0.1) is 0 Å². The van der Waals surface area contributed by atoms with Gasteiger partial charge in [-0.3, -0.25) is 4.79 Å². The van der Waals surface area contributed by atoms with Gasteiger partial charge in [0.05, 0.1) is 13.5 Å². The van der Waals surface area contributed by atoms with Crippen LogP contribution in [-0.4, -0.2) is 36.7 Å². The first-order valence-electron chi connectivity index (χ1n) is 13.3. The monoisotopic (exact) mass is 501 g/mol. The third kappa shape index (κ3) is 5.14. The number of hydrogen-bond donors (Lipinski definition) is 0. The number of rotatable bonds is 7. The van der Waals surface area contributed by atoms with Crippen LogP contribution >= 0.6 is 0 Å². The normalized spacial score (nSPS) is 25.2. The number of alkyl halides is 3. The van der Waals surface area contributed by atoms with E-state index in [-0.39, 0.29) is 17.7 Å². The van der Waals surface area contributed by atoms with Crippen LogP contribution in [0.4, 0.5) is 13.2 Å². The first kappa shape index (κ1) is 26.6. The molecule has 0 bridgehead atoms. The molecule has 2 aliphatic rings. The van der Waals surface area contributed by atoms with Gasteiger partial charge in [0.2, 0.25) is 5.91 Å². The minimum atomic E-state index is -4.32. The Kier molecular flexibility index (Phi) is 8.01. The van der Waals surface area contributed by atoms with Crippen LogP contribution in [-0.2, 0) is 16.6 Å². The number of methoxy groups -OCH3 is 1. The number of nitrogens with zero attached hydrogens (tertiary/aromatic N) is 1. The number of piperidine rings is 1. The fourth-order valence-electron chi connectivity index (χ4n) is 7.00. The number of carbonyl (C=O) groups excluding carboxylic acids is 1. The second-order valence-corrected chi connectivity index (χ2v) is 10.4. The molecular formula is C30H38F3NO2. The standard InChI is InChI=1S/C30H38F3NO2/c1-4-25(29(5-2)17-10-13-24-26(29)14-9-15-27(24)36-3)28(35)34-18-16-22(21-11-7-6-8-12-21)19-23(34)20-30(31,32)33/h6-9,11-12,14-15,22-23,25H,4-5,10,13,16-20H2,1-3H3/t22-,23+,25+,29+/m1/s1. The highest BCUT2D eigenvalue weighted by Crippen LogP contribution is 2.50. The minimum absolute atomic E-state index is 0.0301. The first-order chi connectivity index (χ1) is 17.2. The molecule has 2 aromatic carbocycles. The predicted molar refractivity (Wildman–Crippen MR) is 136 cm³/mol. The molecule has 1 amide bonds. The third-order valence-electron chi connectivity index (χ3n) is 8.68. The van der Waals surface area contributed by atoms with Crippen molar-refractivity contribution in [3.8, 4) is 5.75 Å². The van der Waals surface area contributed by atoms with Crippen LogP contribution in [0.25, 0.3) is 0 Å². The average Bonchev–Trinajstić information content (AvgIpc) is 2.88. The zero-order chi connectivity index (χ0) is 25.9. The molecular weight excluding hydrogens is 463 g/mol. The van der Waals surface area contributed by atoms with Crippen molar-refractivity contribution in [2.75, 3.05) is 13.7 Å². The Morgan fingerprint density at radius 2 is 1.89 bits per heavy atom. The summed E-state index contributed by atoms with van der Waals surface area (Å²) in [7, 11) is 1.67. The lowest BCUT2D eigenvalue weighted by atomic mass is 9.60. The molecule has 1 aliphatic heterocycles. The van der Waals surface area contributed by atoms with Crippen LogP contribution in [0.3, 0.4) is 0 Å². The lowest BCUT2D eigenvalue weighted by Crippen LogP contribution is -2.54. The number of benzene rings is 2. The average molecular weight is 502 g/mol. The van der Waals surface area contributed by atoms with Crippen molar-refractivity contribution in [1.82, 2.24) is 4.90 Å². The summed E-state index contributed by atoms with van der Waals surface area (Å²) < 4.78 is 46.8. The number of halogens is 3. The van der Waals surface area contributed by atoms with Crippen LogP contribution in [0.2, 0.25) is 0 Å². The van der Waals surface area contributed by atoms with Gasteiger partial charge < -0.3 is 9.64 Å². The maximum Gasteiger partial charge on any atom is 0.391 e. The number of hydrogen-bond acceptors (Lipinski definition) is 2. The summed E-state index contributed by atoms with van der Waals surface area (Å²) in [4.78, 5) is 15.8. The molecule has 0 radical (unpaired) electrons. The van der Waals surface area contributed by atoms with Crippen molar-refractivity contribution in [2.45, 2.75) is 88.8 Å². The highest BCUT2D eigenvalue weighted by molar-refractivity contribution is 5.81. The molecule has 4 rings (SSSR count). The Morgan fingerprint density at radius 1 is 1.14 bits per heavy atom. The molecule has 0 spiro atoms. The van der Waals surface area contributed by atoms with E-state index in [1.165, 1.54) is 0 Å². The van der Waals surface area contributed by atoms with Gasteiger partial charge in [-0.05, 0) is 73.6 Å². The molecule has 2 aromatic rings. The van der Waals surface area contributed by atoms with E-state index in [0.717, 1.165) is 48.1 Å². The van der Waals surface area contributed by atoms with Gasteiger partial charge in [0.25, 0.3) is 0 Å². The molecule has 4 atom stereocenters. The summed E-state index contributed by atoms with van der Waals surface area (Å²) in [5.41, 5.74) is 2.95. The number of fused-ring (bicyclic) bond motifs is 1. The molecule has 6 heteroatoms. The van der Waals surface area contributed by atoms with Crippen molar-refractivity contribution >= 4 is 5.91 Å². The van der Waals surface area contributed by atoms with Crippen LogP contribution in [0.15, 0.2) is 48.5 Å². The van der Waals surface area contributed by atoms with Crippen molar-refractivity contribution in [1.29, 1.82) is 0 Å².